The van der Waals surface area contributed by atoms with Crippen LogP contribution in [0.25, 0.3) is 0 Å². The van der Waals surface area contributed by atoms with Crippen molar-refractivity contribution in [3.05, 3.63) is 0 Å². The Kier molecular flexibility index (Phi) is 4.63. The molecule has 1 atom stereocenters. The summed E-state index contributed by atoms with van der Waals surface area (Å²) in [6.45, 7) is 0. The monoisotopic (exact) mass is 352 g/mol. The van der Waals surface area contributed by atoms with E-state index in [4.69, 9.17) is 0 Å². The Morgan fingerprint density at radius 2 is 0.947 bits per heavy atom. The lowest BCUT2D eigenvalue weighted by atomic mass is 10.00. The maximum atomic E-state index is 12.7. The van der Waals surface area contributed by atoms with Crippen LogP contribution in [0.15, 0.2) is 0 Å². The molecule has 13 heteroatoms. The Labute approximate surface area is 107 Å². The molecule has 0 bridgehead atoms. The van der Waals surface area contributed by atoms with Gasteiger partial charge >= 0.3 is 34.7 Å². The fourth-order valence-electron chi connectivity index (χ4n) is 0.722. The van der Waals surface area contributed by atoms with Crippen LogP contribution >= 0.6 is 23.2 Å². The smallest absolute Gasteiger partial charge is 0.211 e. The van der Waals surface area contributed by atoms with Crippen LogP contribution in [0.4, 0.5) is 48.3 Å². The Balaban J connectivity index is 5.92. The molecule has 0 saturated heterocycles. The Morgan fingerprint density at radius 3 is 1.16 bits per heavy atom. The molecule has 0 N–H and O–H groups in total. The third-order valence-electron chi connectivity index (χ3n) is 1.84. The van der Waals surface area contributed by atoms with Gasteiger partial charge in [-0.3, -0.25) is 0 Å². The molecule has 0 aliphatic carbocycles. The first-order chi connectivity index (χ1) is 7.94. The van der Waals surface area contributed by atoms with Gasteiger partial charge in [-0.25, -0.2) is 13.2 Å². The van der Waals surface area contributed by atoms with E-state index < -0.39 is 34.7 Å². The molecule has 0 aromatic rings. The van der Waals surface area contributed by atoms with Crippen molar-refractivity contribution in [3.63, 3.8) is 0 Å². The molecular formula is C6HCl2F11. The van der Waals surface area contributed by atoms with E-state index in [0.29, 0.717) is 0 Å². The van der Waals surface area contributed by atoms with Gasteiger partial charge in [-0.05, 0) is 11.6 Å². The van der Waals surface area contributed by atoms with E-state index in [2.05, 4.69) is 23.2 Å². The van der Waals surface area contributed by atoms with Gasteiger partial charge in [0, 0.05) is 0 Å². The van der Waals surface area contributed by atoms with Crippen LogP contribution in [0.1, 0.15) is 0 Å². The molecule has 19 heavy (non-hydrogen) atoms. The van der Waals surface area contributed by atoms with Crippen LogP contribution in [0.5, 0.6) is 0 Å². The number of hydrogen-bond donors (Lipinski definition) is 0. The summed E-state index contributed by atoms with van der Waals surface area (Å²) in [5, 5.41) is -12.2. The summed E-state index contributed by atoms with van der Waals surface area (Å²) in [7, 11) is 0. The second-order valence-electron chi connectivity index (χ2n) is 3.14. The molecule has 1 unspecified atom stereocenters. The molecular weight excluding hydrogens is 352 g/mol. The minimum absolute atomic E-state index is 3.66. The van der Waals surface area contributed by atoms with E-state index in [1.54, 1.807) is 0 Å². The third-order valence-corrected chi connectivity index (χ3v) is 2.67. The van der Waals surface area contributed by atoms with Crippen LogP contribution in [0.2, 0.25) is 0 Å². The maximum Gasteiger partial charge on any atom is 0.382 e. The minimum atomic E-state index is -7.23. The van der Waals surface area contributed by atoms with Crippen LogP contribution < -0.4 is 0 Å². The molecule has 0 spiro atoms. The van der Waals surface area contributed by atoms with Gasteiger partial charge in [-0.1, -0.05) is 11.6 Å². The lowest BCUT2D eigenvalue weighted by Crippen LogP contribution is -2.67. The molecule has 0 rings (SSSR count). The standard InChI is InChI=1S/C6HCl2F11/c7-3(13,6(8,18)19)5(16,17)4(14,15)2(11,12)1(9)10/h1H. The van der Waals surface area contributed by atoms with Crippen molar-refractivity contribution in [2.75, 3.05) is 0 Å². The van der Waals surface area contributed by atoms with Gasteiger partial charge < -0.3 is 0 Å². The summed E-state index contributed by atoms with van der Waals surface area (Å²) >= 11 is 7.40. The molecule has 0 saturated carbocycles. The van der Waals surface area contributed by atoms with Crippen LogP contribution in [-0.4, -0.2) is 34.7 Å². The highest BCUT2D eigenvalue weighted by Crippen LogP contribution is 2.59. The first-order valence-corrected chi connectivity index (χ1v) is 4.56. The quantitative estimate of drug-likeness (QED) is 0.488. The molecule has 0 heterocycles. The Morgan fingerprint density at radius 1 is 0.632 bits per heavy atom. The minimum Gasteiger partial charge on any atom is -0.211 e. The molecule has 0 amide bonds. The van der Waals surface area contributed by atoms with Crippen molar-refractivity contribution in [2.45, 2.75) is 34.7 Å². The second kappa shape index (κ2) is 4.68. The highest BCUT2D eigenvalue weighted by molar-refractivity contribution is 6.33. The summed E-state index contributed by atoms with van der Waals surface area (Å²) in [5.74, 6) is -21.2. The van der Waals surface area contributed by atoms with Crippen molar-refractivity contribution in [1.29, 1.82) is 0 Å². The summed E-state index contributed by atoms with van der Waals surface area (Å²) < 4.78 is 135. The van der Waals surface area contributed by atoms with Gasteiger partial charge in [-0.15, -0.1) is 0 Å². The first-order valence-electron chi connectivity index (χ1n) is 3.80. The van der Waals surface area contributed by atoms with E-state index in [1.165, 1.54) is 0 Å². The Hall–Kier alpha value is -0.190. The molecule has 0 fully saturated rings. The van der Waals surface area contributed by atoms with Crippen molar-refractivity contribution in [1.82, 2.24) is 0 Å². The van der Waals surface area contributed by atoms with Gasteiger partial charge in [0.05, 0.1) is 0 Å². The lowest BCUT2D eigenvalue weighted by Gasteiger charge is -2.38. The van der Waals surface area contributed by atoms with E-state index in [-0.39, 0.29) is 0 Å². The molecule has 116 valence electrons. The average molecular weight is 353 g/mol. The maximum absolute atomic E-state index is 12.7. The highest BCUT2D eigenvalue weighted by atomic mass is 35.5. The lowest BCUT2D eigenvalue weighted by molar-refractivity contribution is -0.366. The zero-order valence-corrected chi connectivity index (χ0v) is 9.50. The average Bonchev–Trinajstić information content (AvgIpc) is 2.14. The van der Waals surface area contributed by atoms with E-state index in [9.17, 15) is 48.3 Å². The second-order valence-corrected chi connectivity index (χ2v) is 4.14. The normalized spacial score (nSPS) is 18.6. The first kappa shape index (κ1) is 18.8. The zero-order chi connectivity index (χ0) is 16.1. The molecule has 0 aromatic carbocycles. The van der Waals surface area contributed by atoms with Crippen molar-refractivity contribution in [2.24, 2.45) is 0 Å². The molecule has 0 radical (unpaired) electrons. The van der Waals surface area contributed by atoms with Gasteiger partial charge in [0.1, 0.15) is 0 Å². The SMILES string of the molecule is FC(F)C(F)(F)C(F)(F)C(F)(F)C(F)(Cl)C(F)(F)Cl. The van der Waals surface area contributed by atoms with Crippen LogP contribution in [0, 0.1) is 0 Å². The largest absolute Gasteiger partial charge is 0.382 e. The highest BCUT2D eigenvalue weighted by Gasteiger charge is 2.86. The van der Waals surface area contributed by atoms with Gasteiger partial charge in [0.2, 0.25) is 0 Å². The predicted octanol–water partition coefficient (Wildman–Crippen LogP) is 4.89. The van der Waals surface area contributed by atoms with E-state index in [1.807, 2.05) is 0 Å². The van der Waals surface area contributed by atoms with E-state index in [0.717, 1.165) is 0 Å². The van der Waals surface area contributed by atoms with Crippen molar-refractivity contribution >= 4 is 23.2 Å². The van der Waals surface area contributed by atoms with Crippen molar-refractivity contribution < 1.29 is 48.3 Å². The van der Waals surface area contributed by atoms with Crippen LogP contribution in [-0.2, 0) is 0 Å². The zero-order valence-electron chi connectivity index (χ0n) is 7.99. The Bertz CT molecular complexity index is 331. The van der Waals surface area contributed by atoms with Gasteiger partial charge in [0.15, 0.2) is 0 Å². The fourth-order valence-corrected chi connectivity index (χ4v) is 0.959. The third kappa shape index (κ3) is 2.55. The molecule has 0 aliphatic heterocycles. The molecule has 0 aliphatic rings. The topological polar surface area (TPSA) is 0 Å². The van der Waals surface area contributed by atoms with E-state index >= 15 is 0 Å². The van der Waals surface area contributed by atoms with Crippen LogP contribution in [0.3, 0.4) is 0 Å². The summed E-state index contributed by atoms with van der Waals surface area (Å²) in [4.78, 5) is 0. The molecule has 0 nitrogen and oxygen atoms in total. The van der Waals surface area contributed by atoms with Crippen molar-refractivity contribution in [3.8, 4) is 0 Å². The fraction of sp³-hybridized carbons (Fsp3) is 1.00. The summed E-state index contributed by atoms with van der Waals surface area (Å²) in [5.41, 5.74) is 0. The number of halogens is 13. The molecule has 0 aromatic heterocycles. The number of hydrogen-bond acceptors (Lipinski definition) is 0. The number of rotatable bonds is 5. The van der Waals surface area contributed by atoms with Gasteiger partial charge in [0.25, 0.3) is 0 Å². The number of alkyl halides is 13. The predicted molar refractivity (Wildman–Crippen MR) is 41.3 cm³/mol. The van der Waals surface area contributed by atoms with Gasteiger partial charge in [-0.2, -0.15) is 35.1 Å². The summed E-state index contributed by atoms with van der Waals surface area (Å²) in [6, 6.07) is 0. The summed E-state index contributed by atoms with van der Waals surface area (Å²) in [6.07, 6.45) is -5.40.